The number of ether oxygens (including phenoxy) is 1. The van der Waals surface area contributed by atoms with Crippen molar-refractivity contribution in [3.05, 3.63) is 50.8 Å². The van der Waals surface area contributed by atoms with Gasteiger partial charge in [-0.1, -0.05) is 23.2 Å². The van der Waals surface area contributed by atoms with Crippen LogP contribution in [0, 0.1) is 0 Å². The Kier molecular flexibility index (Phi) is 4.28. The van der Waals surface area contributed by atoms with Gasteiger partial charge in [-0.3, -0.25) is 9.89 Å². The summed E-state index contributed by atoms with van der Waals surface area (Å²) in [4.78, 5) is 25.9. The number of benzene rings is 1. The second kappa shape index (κ2) is 6.22. The summed E-state index contributed by atoms with van der Waals surface area (Å²) in [6.45, 7) is 0.827. The van der Waals surface area contributed by atoms with Gasteiger partial charge in [-0.25, -0.2) is 4.79 Å². The smallest absolute Gasteiger partial charge is 0.358 e. The summed E-state index contributed by atoms with van der Waals surface area (Å²) in [7, 11) is 1.31. The van der Waals surface area contributed by atoms with E-state index in [0.717, 1.165) is 11.3 Å². The molecule has 6 nitrogen and oxygen atoms in total. The quantitative estimate of drug-likeness (QED) is 0.842. The third-order valence-corrected chi connectivity index (χ3v) is 4.51. The largest absolute Gasteiger partial charge is 0.464 e. The summed E-state index contributed by atoms with van der Waals surface area (Å²) >= 11 is 11.8. The van der Waals surface area contributed by atoms with E-state index in [4.69, 9.17) is 27.9 Å². The number of carbonyl (C=O) groups excluding carboxylic acids is 2. The molecule has 0 spiro atoms. The normalized spacial score (nSPS) is 13.6. The van der Waals surface area contributed by atoms with Gasteiger partial charge in [0.05, 0.1) is 29.4 Å². The summed E-state index contributed by atoms with van der Waals surface area (Å²) in [6, 6.07) is 4.78. The van der Waals surface area contributed by atoms with Crippen molar-refractivity contribution in [2.24, 2.45) is 0 Å². The lowest BCUT2D eigenvalue weighted by Gasteiger charge is -2.27. The van der Waals surface area contributed by atoms with E-state index in [1.54, 1.807) is 23.1 Å². The molecule has 0 saturated carbocycles. The second-order valence-electron chi connectivity index (χ2n) is 5.13. The minimum atomic E-state index is -0.480. The lowest BCUT2D eigenvalue weighted by molar-refractivity contribution is 0.0592. The van der Waals surface area contributed by atoms with Gasteiger partial charge in [0.15, 0.2) is 5.69 Å². The number of H-pyrrole nitrogens is 1. The van der Waals surface area contributed by atoms with Crippen molar-refractivity contribution in [3.63, 3.8) is 0 Å². The number of nitrogens with one attached hydrogen (secondary N) is 1. The van der Waals surface area contributed by atoms with Crippen LogP contribution in [0.4, 0.5) is 0 Å². The van der Waals surface area contributed by atoms with Crippen LogP contribution < -0.4 is 0 Å². The number of nitrogens with zero attached hydrogens (tertiary/aromatic N) is 2. The number of hydrogen-bond acceptors (Lipinski definition) is 4. The number of rotatable bonds is 2. The van der Waals surface area contributed by atoms with Gasteiger partial charge in [-0.15, -0.1) is 0 Å². The first-order valence-electron chi connectivity index (χ1n) is 6.90. The van der Waals surface area contributed by atoms with Gasteiger partial charge in [0.1, 0.15) is 0 Å². The number of fused-ring (bicyclic) bond motifs is 1. The van der Waals surface area contributed by atoms with E-state index in [1.807, 2.05) is 0 Å². The van der Waals surface area contributed by atoms with Gasteiger partial charge < -0.3 is 9.64 Å². The van der Waals surface area contributed by atoms with E-state index in [0.29, 0.717) is 35.1 Å². The van der Waals surface area contributed by atoms with Crippen LogP contribution in [0.15, 0.2) is 18.2 Å². The molecule has 2 heterocycles. The second-order valence-corrected chi connectivity index (χ2v) is 5.94. The molecule has 0 fully saturated rings. The van der Waals surface area contributed by atoms with Gasteiger partial charge in [0.2, 0.25) is 0 Å². The molecule has 0 bridgehead atoms. The summed E-state index contributed by atoms with van der Waals surface area (Å²) in [5, 5.41) is 7.53. The maximum absolute atomic E-state index is 12.6. The Hall–Kier alpha value is -2.05. The molecule has 1 aliphatic rings. The SMILES string of the molecule is COC(=O)c1n[nH]c2c1CCN(C(=O)c1ccc(Cl)c(Cl)c1)C2. The molecule has 0 atom stereocenters. The fourth-order valence-electron chi connectivity index (χ4n) is 2.57. The first-order chi connectivity index (χ1) is 11.0. The van der Waals surface area contributed by atoms with Crippen LogP contribution in [0.25, 0.3) is 0 Å². The van der Waals surface area contributed by atoms with E-state index in [-0.39, 0.29) is 11.6 Å². The number of aromatic amines is 1. The number of carbonyl (C=O) groups is 2. The number of amides is 1. The lowest BCUT2D eigenvalue weighted by Crippen LogP contribution is -2.36. The van der Waals surface area contributed by atoms with Crippen LogP contribution in [0.5, 0.6) is 0 Å². The summed E-state index contributed by atoms with van der Waals surface area (Å²) in [5.74, 6) is -0.629. The zero-order valence-corrected chi connectivity index (χ0v) is 13.7. The Bertz CT molecular complexity index is 788. The Morgan fingerprint density at radius 1 is 1.30 bits per heavy atom. The van der Waals surface area contributed by atoms with Crippen molar-refractivity contribution in [2.45, 2.75) is 13.0 Å². The van der Waals surface area contributed by atoms with Gasteiger partial charge >= 0.3 is 5.97 Å². The average Bonchev–Trinajstić information content (AvgIpc) is 2.99. The summed E-state index contributed by atoms with van der Waals surface area (Å²) in [5.41, 5.74) is 2.29. The van der Waals surface area contributed by atoms with Crippen molar-refractivity contribution >= 4 is 35.1 Å². The van der Waals surface area contributed by atoms with E-state index in [2.05, 4.69) is 10.2 Å². The Morgan fingerprint density at radius 3 is 2.78 bits per heavy atom. The average molecular weight is 354 g/mol. The molecule has 120 valence electrons. The molecule has 1 aromatic heterocycles. The van der Waals surface area contributed by atoms with Crippen LogP contribution in [-0.2, 0) is 17.7 Å². The first kappa shape index (κ1) is 15.8. The summed E-state index contributed by atoms with van der Waals surface area (Å²) in [6.07, 6.45) is 0.531. The monoisotopic (exact) mass is 353 g/mol. The Labute approximate surface area is 142 Å². The van der Waals surface area contributed by atoms with Crippen LogP contribution in [0.3, 0.4) is 0 Å². The molecular formula is C15H13Cl2N3O3. The molecule has 3 rings (SSSR count). The van der Waals surface area contributed by atoms with Crippen LogP contribution in [0.2, 0.25) is 10.0 Å². The highest BCUT2D eigenvalue weighted by Crippen LogP contribution is 2.25. The van der Waals surface area contributed by atoms with Gasteiger partial charge in [-0.05, 0) is 24.6 Å². The minimum Gasteiger partial charge on any atom is -0.464 e. The van der Waals surface area contributed by atoms with E-state index in [1.165, 1.54) is 7.11 Å². The maximum Gasteiger partial charge on any atom is 0.358 e. The van der Waals surface area contributed by atoms with Crippen molar-refractivity contribution in [2.75, 3.05) is 13.7 Å². The molecule has 0 aliphatic carbocycles. The lowest BCUT2D eigenvalue weighted by atomic mass is 10.0. The fourth-order valence-corrected chi connectivity index (χ4v) is 2.87. The predicted molar refractivity (Wildman–Crippen MR) is 84.8 cm³/mol. The van der Waals surface area contributed by atoms with E-state index < -0.39 is 5.97 Å². The van der Waals surface area contributed by atoms with Crippen LogP contribution in [0.1, 0.15) is 32.1 Å². The molecule has 1 aliphatic heterocycles. The molecule has 0 unspecified atom stereocenters. The standard InChI is InChI=1S/C15H13Cl2N3O3/c1-23-15(22)13-9-4-5-20(7-12(9)18-19-13)14(21)8-2-3-10(16)11(17)6-8/h2-3,6H,4-5,7H2,1H3,(H,18,19). The summed E-state index contributed by atoms with van der Waals surface area (Å²) < 4.78 is 4.70. The zero-order chi connectivity index (χ0) is 16.6. The topological polar surface area (TPSA) is 75.3 Å². The number of methoxy groups -OCH3 is 1. The third-order valence-electron chi connectivity index (χ3n) is 3.77. The van der Waals surface area contributed by atoms with E-state index in [9.17, 15) is 9.59 Å². The minimum absolute atomic E-state index is 0.150. The van der Waals surface area contributed by atoms with Crippen molar-refractivity contribution < 1.29 is 14.3 Å². The predicted octanol–water partition coefficient (Wildman–Crippen LogP) is 2.70. The Balaban J connectivity index is 1.82. The number of aromatic nitrogens is 2. The fraction of sp³-hybridized carbons (Fsp3) is 0.267. The number of halogens is 2. The molecular weight excluding hydrogens is 341 g/mol. The van der Waals surface area contributed by atoms with Gasteiger partial charge in [0, 0.05) is 17.7 Å². The zero-order valence-electron chi connectivity index (χ0n) is 12.2. The third kappa shape index (κ3) is 2.92. The highest BCUT2D eigenvalue weighted by Gasteiger charge is 2.28. The number of hydrogen-bond donors (Lipinski definition) is 1. The molecule has 23 heavy (non-hydrogen) atoms. The molecule has 0 radical (unpaired) electrons. The van der Waals surface area contributed by atoms with Gasteiger partial charge in [0.25, 0.3) is 5.91 Å². The molecule has 2 aromatic rings. The molecule has 0 saturated heterocycles. The highest BCUT2D eigenvalue weighted by molar-refractivity contribution is 6.42. The molecule has 1 N–H and O–H groups in total. The molecule has 8 heteroatoms. The maximum atomic E-state index is 12.6. The van der Waals surface area contributed by atoms with Crippen molar-refractivity contribution in [3.8, 4) is 0 Å². The van der Waals surface area contributed by atoms with Crippen LogP contribution in [-0.4, -0.2) is 40.6 Å². The van der Waals surface area contributed by atoms with Crippen molar-refractivity contribution in [1.82, 2.24) is 15.1 Å². The highest BCUT2D eigenvalue weighted by atomic mass is 35.5. The molecule has 1 amide bonds. The first-order valence-corrected chi connectivity index (χ1v) is 7.65. The van der Waals surface area contributed by atoms with E-state index >= 15 is 0 Å². The Morgan fingerprint density at radius 2 is 2.09 bits per heavy atom. The van der Waals surface area contributed by atoms with Gasteiger partial charge in [-0.2, -0.15) is 5.10 Å². The van der Waals surface area contributed by atoms with Crippen LogP contribution >= 0.6 is 23.2 Å². The number of esters is 1. The van der Waals surface area contributed by atoms with Crippen molar-refractivity contribution in [1.29, 1.82) is 0 Å². The molecule has 1 aromatic carbocycles.